The van der Waals surface area contributed by atoms with Crippen molar-refractivity contribution in [1.82, 2.24) is 0 Å². The third kappa shape index (κ3) is 2.08. The molecule has 5 heteroatoms. The fraction of sp³-hybridized carbons (Fsp3) is 0.0667. The molecular formula is C15H9ClFNO2. The van der Waals surface area contributed by atoms with Gasteiger partial charge in [0.05, 0.1) is 17.8 Å². The third-order valence-corrected chi connectivity index (χ3v) is 3.40. The van der Waals surface area contributed by atoms with Crippen LogP contribution in [-0.2, 0) is 11.3 Å². The van der Waals surface area contributed by atoms with Crippen molar-refractivity contribution < 1.29 is 14.0 Å². The molecule has 0 aliphatic carbocycles. The van der Waals surface area contributed by atoms with Gasteiger partial charge in [0, 0.05) is 5.02 Å². The van der Waals surface area contributed by atoms with Gasteiger partial charge in [-0.3, -0.25) is 9.59 Å². The van der Waals surface area contributed by atoms with Crippen LogP contribution in [0.15, 0.2) is 42.5 Å². The number of halogens is 2. The van der Waals surface area contributed by atoms with E-state index >= 15 is 0 Å². The summed E-state index contributed by atoms with van der Waals surface area (Å²) >= 11 is 5.90. The van der Waals surface area contributed by atoms with Gasteiger partial charge in [0.1, 0.15) is 5.82 Å². The normalized spacial score (nSPS) is 13.8. The van der Waals surface area contributed by atoms with Crippen LogP contribution in [0, 0.1) is 5.82 Å². The smallest absolute Gasteiger partial charge is 0.299 e. The monoisotopic (exact) mass is 289 g/mol. The lowest BCUT2D eigenvalue weighted by Crippen LogP contribution is -2.29. The van der Waals surface area contributed by atoms with E-state index in [1.54, 1.807) is 18.2 Å². The predicted molar refractivity (Wildman–Crippen MR) is 73.4 cm³/mol. The number of hydrogen-bond acceptors (Lipinski definition) is 2. The van der Waals surface area contributed by atoms with E-state index in [1.807, 2.05) is 6.07 Å². The minimum absolute atomic E-state index is 0.108. The summed E-state index contributed by atoms with van der Waals surface area (Å²) < 4.78 is 13.2. The van der Waals surface area contributed by atoms with Crippen molar-refractivity contribution in [3.8, 4) is 0 Å². The number of Topliss-reactive ketones (excluding diaryl/α,β-unsaturated/α-hetero) is 1. The summed E-state index contributed by atoms with van der Waals surface area (Å²) in [6, 6.07) is 10.8. The van der Waals surface area contributed by atoms with Gasteiger partial charge in [0.25, 0.3) is 11.7 Å². The molecule has 0 saturated carbocycles. The summed E-state index contributed by atoms with van der Waals surface area (Å²) in [6.45, 7) is 0.226. The topological polar surface area (TPSA) is 37.4 Å². The minimum atomic E-state index is -0.679. The Labute approximate surface area is 119 Å². The number of nitrogens with zero attached hydrogens (tertiary/aromatic N) is 1. The molecule has 0 aromatic heterocycles. The Morgan fingerprint density at radius 3 is 2.65 bits per heavy atom. The van der Waals surface area contributed by atoms with Crippen molar-refractivity contribution in [1.29, 1.82) is 0 Å². The first-order chi connectivity index (χ1) is 9.56. The Hall–Kier alpha value is -2.20. The number of carbonyl (C=O) groups excluding carboxylic acids is 2. The van der Waals surface area contributed by atoms with Crippen LogP contribution in [0.1, 0.15) is 15.9 Å². The predicted octanol–water partition coefficient (Wildman–Crippen LogP) is 3.21. The first-order valence-electron chi connectivity index (χ1n) is 5.96. The highest BCUT2D eigenvalue weighted by Crippen LogP contribution is 2.31. The van der Waals surface area contributed by atoms with E-state index in [2.05, 4.69) is 0 Å². The highest BCUT2D eigenvalue weighted by atomic mass is 35.5. The Morgan fingerprint density at radius 1 is 1.10 bits per heavy atom. The van der Waals surface area contributed by atoms with Gasteiger partial charge in [-0.25, -0.2) is 4.39 Å². The van der Waals surface area contributed by atoms with E-state index in [0.29, 0.717) is 10.7 Å². The molecule has 1 heterocycles. The summed E-state index contributed by atoms with van der Waals surface area (Å²) in [6.07, 6.45) is 0. The molecule has 0 atom stereocenters. The summed E-state index contributed by atoms with van der Waals surface area (Å²) in [7, 11) is 0. The summed E-state index contributed by atoms with van der Waals surface area (Å²) in [4.78, 5) is 25.2. The molecular weight excluding hydrogens is 281 g/mol. The van der Waals surface area contributed by atoms with Crippen LogP contribution in [0.2, 0.25) is 5.02 Å². The Kier molecular flexibility index (Phi) is 3.03. The lowest BCUT2D eigenvalue weighted by molar-refractivity contribution is -0.114. The molecule has 1 amide bonds. The van der Waals surface area contributed by atoms with Crippen molar-refractivity contribution in [2.24, 2.45) is 0 Å². The Bertz CT molecular complexity index is 730. The maximum atomic E-state index is 13.2. The van der Waals surface area contributed by atoms with Crippen LogP contribution in [0.5, 0.6) is 0 Å². The quantitative estimate of drug-likeness (QED) is 0.796. The SMILES string of the molecule is O=C1C(=O)N(Cc2cccc(Cl)c2)c2ccc(F)cc21. The summed E-state index contributed by atoms with van der Waals surface area (Å²) in [5.41, 5.74) is 1.34. The molecule has 0 spiro atoms. The van der Waals surface area contributed by atoms with Gasteiger partial charge in [-0.05, 0) is 35.9 Å². The van der Waals surface area contributed by atoms with Crippen molar-refractivity contribution >= 4 is 29.0 Å². The van der Waals surface area contributed by atoms with Crippen LogP contribution in [0.25, 0.3) is 0 Å². The molecule has 100 valence electrons. The average Bonchev–Trinajstić information content (AvgIpc) is 2.64. The van der Waals surface area contributed by atoms with E-state index in [4.69, 9.17) is 11.6 Å². The van der Waals surface area contributed by atoms with Gasteiger partial charge >= 0.3 is 0 Å². The molecule has 2 aromatic carbocycles. The van der Waals surface area contributed by atoms with E-state index in [9.17, 15) is 14.0 Å². The van der Waals surface area contributed by atoms with Crippen molar-refractivity contribution in [3.05, 3.63) is 64.4 Å². The minimum Gasteiger partial charge on any atom is -0.300 e. The largest absolute Gasteiger partial charge is 0.300 e. The van der Waals surface area contributed by atoms with Crippen molar-refractivity contribution in [2.45, 2.75) is 6.54 Å². The molecule has 0 radical (unpaired) electrons. The van der Waals surface area contributed by atoms with E-state index in [0.717, 1.165) is 11.6 Å². The first kappa shape index (κ1) is 12.8. The number of fused-ring (bicyclic) bond motifs is 1. The fourth-order valence-corrected chi connectivity index (χ4v) is 2.46. The molecule has 2 aromatic rings. The molecule has 1 aliphatic rings. The first-order valence-corrected chi connectivity index (χ1v) is 6.34. The Morgan fingerprint density at radius 2 is 1.90 bits per heavy atom. The Balaban J connectivity index is 1.99. The average molecular weight is 290 g/mol. The standard InChI is InChI=1S/C15H9ClFNO2/c16-10-3-1-2-9(6-10)8-18-13-5-4-11(17)7-12(13)14(19)15(18)20/h1-7H,8H2. The molecule has 0 unspecified atom stereocenters. The number of carbonyl (C=O) groups is 2. The number of ketones is 1. The highest BCUT2D eigenvalue weighted by Gasteiger charge is 2.35. The van der Waals surface area contributed by atoms with Crippen LogP contribution >= 0.6 is 11.6 Å². The van der Waals surface area contributed by atoms with Gasteiger partial charge < -0.3 is 4.90 Å². The summed E-state index contributed by atoms with van der Waals surface area (Å²) in [5, 5.41) is 0.555. The number of rotatable bonds is 2. The number of anilines is 1. The van der Waals surface area contributed by atoms with Gasteiger partial charge in [-0.15, -0.1) is 0 Å². The zero-order valence-corrected chi connectivity index (χ0v) is 11.0. The molecule has 20 heavy (non-hydrogen) atoms. The van der Waals surface area contributed by atoms with Gasteiger partial charge in [0.15, 0.2) is 0 Å². The zero-order chi connectivity index (χ0) is 14.3. The van der Waals surface area contributed by atoms with E-state index in [-0.39, 0.29) is 12.1 Å². The lowest BCUT2D eigenvalue weighted by atomic mass is 10.1. The molecule has 3 rings (SSSR count). The molecule has 0 fully saturated rings. The zero-order valence-electron chi connectivity index (χ0n) is 10.3. The second-order valence-corrected chi connectivity index (χ2v) is 4.95. The van der Waals surface area contributed by atoms with Crippen LogP contribution in [0.4, 0.5) is 10.1 Å². The van der Waals surface area contributed by atoms with E-state index in [1.165, 1.54) is 17.0 Å². The molecule has 0 bridgehead atoms. The number of benzene rings is 2. The fourth-order valence-electron chi connectivity index (χ4n) is 2.25. The summed E-state index contributed by atoms with van der Waals surface area (Å²) in [5.74, 6) is -1.86. The molecule has 0 N–H and O–H groups in total. The molecule has 1 aliphatic heterocycles. The molecule has 0 saturated heterocycles. The number of hydrogen-bond donors (Lipinski definition) is 0. The maximum absolute atomic E-state index is 13.2. The van der Waals surface area contributed by atoms with Gasteiger partial charge in [0.2, 0.25) is 0 Å². The second-order valence-electron chi connectivity index (χ2n) is 4.51. The van der Waals surface area contributed by atoms with Crippen LogP contribution < -0.4 is 4.90 Å². The van der Waals surface area contributed by atoms with Gasteiger partial charge in [-0.2, -0.15) is 0 Å². The number of amides is 1. The second kappa shape index (κ2) is 4.72. The van der Waals surface area contributed by atoms with Gasteiger partial charge in [-0.1, -0.05) is 23.7 Å². The van der Waals surface area contributed by atoms with Crippen LogP contribution in [0.3, 0.4) is 0 Å². The maximum Gasteiger partial charge on any atom is 0.299 e. The lowest BCUT2D eigenvalue weighted by Gasteiger charge is -2.16. The van der Waals surface area contributed by atoms with Crippen molar-refractivity contribution in [2.75, 3.05) is 4.90 Å². The molecule has 3 nitrogen and oxygen atoms in total. The third-order valence-electron chi connectivity index (χ3n) is 3.16. The van der Waals surface area contributed by atoms with E-state index < -0.39 is 17.5 Å². The van der Waals surface area contributed by atoms with Crippen molar-refractivity contribution in [3.63, 3.8) is 0 Å². The highest BCUT2D eigenvalue weighted by molar-refractivity contribution is 6.52. The van der Waals surface area contributed by atoms with Crippen LogP contribution in [-0.4, -0.2) is 11.7 Å².